The number of aryl methyl sites for hydroxylation is 1. The number of morpholine rings is 1. The van der Waals surface area contributed by atoms with Crippen LogP contribution in [0.2, 0.25) is 5.02 Å². The predicted molar refractivity (Wildman–Crippen MR) is 115 cm³/mol. The Morgan fingerprint density at radius 2 is 1.89 bits per heavy atom. The largest absolute Gasteiger partial charge is 0.378 e. The molecule has 5 nitrogen and oxygen atoms in total. The number of carbonyl (C=O) groups is 1. The van der Waals surface area contributed by atoms with Gasteiger partial charge in [0.05, 0.1) is 35.3 Å². The molecule has 1 aromatic heterocycles. The Morgan fingerprint density at radius 3 is 2.64 bits per heavy atom. The molecule has 0 atom stereocenters. The van der Waals surface area contributed by atoms with Gasteiger partial charge in [0.15, 0.2) is 0 Å². The highest BCUT2D eigenvalue weighted by Crippen LogP contribution is 2.35. The van der Waals surface area contributed by atoms with Crippen LogP contribution in [0.25, 0.3) is 10.6 Å². The van der Waals surface area contributed by atoms with Gasteiger partial charge in [0.1, 0.15) is 9.88 Å². The lowest BCUT2D eigenvalue weighted by Crippen LogP contribution is -2.37. The van der Waals surface area contributed by atoms with Crippen LogP contribution in [-0.4, -0.2) is 37.2 Å². The molecular weight excluding hydrogens is 394 g/mol. The van der Waals surface area contributed by atoms with Gasteiger partial charge in [-0.1, -0.05) is 48.0 Å². The first-order chi connectivity index (χ1) is 13.6. The summed E-state index contributed by atoms with van der Waals surface area (Å²) < 4.78 is 5.43. The van der Waals surface area contributed by atoms with E-state index in [1.165, 1.54) is 11.3 Å². The lowest BCUT2D eigenvalue weighted by atomic mass is 10.2. The number of halogens is 1. The van der Waals surface area contributed by atoms with Gasteiger partial charge in [-0.3, -0.25) is 4.79 Å². The standard InChI is InChI=1S/C21H20ClN3O2S/c1-14-19(28-21(23-14)15-6-3-2-4-7-15)20(26)24-17-9-5-8-16(22)18(17)25-10-12-27-13-11-25/h2-9H,10-13H2,1H3,(H,24,26). The van der Waals surface area contributed by atoms with Crippen molar-refractivity contribution in [2.24, 2.45) is 0 Å². The van der Waals surface area contributed by atoms with Gasteiger partial charge in [-0.2, -0.15) is 0 Å². The van der Waals surface area contributed by atoms with Crippen LogP contribution in [0.1, 0.15) is 15.4 Å². The molecule has 1 saturated heterocycles. The number of carbonyl (C=O) groups excluding carboxylic acids is 1. The number of benzene rings is 2. The van der Waals surface area contributed by atoms with Gasteiger partial charge < -0.3 is 15.0 Å². The summed E-state index contributed by atoms with van der Waals surface area (Å²) in [7, 11) is 0. The number of ether oxygens (including phenoxy) is 1. The van der Waals surface area contributed by atoms with Crippen molar-refractivity contribution in [2.75, 3.05) is 36.5 Å². The number of nitrogens with zero attached hydrogens (tertiary/aromatic N) is 2. The van der Waals surface area contributed by atoms with E-state index < -0.39 is 0 Å². The van der Waals surface area contributed by atoms with Crippen LogP contribution >= 0.6 is 22.9 Å². The summed E-state index contributed by atoms with van der Waals surface area (Å²) in [6, 6.07) is 15.4. The first-order valence-corrected chi connectivity index (χ1v) is 10.3. The number of amides is 1. The highest BCUT2D eigenvalue weighted by molar-refractivity contribution is 7.17. The number of nitrogens with one attached hydrogen (secondary N) is 1. The van der Waals surface area contributed by atoms with E-state index in [1.807, 2.05) is 55.5 Å². The van der Waals surface area contributed by atoms with Gasteiger partial charge in [0.2, 0.25) is 0 Å². The lowest BCUT2D eigenvalue weighted by molar-refractivity contribution is 0.103. The second-order valence-electron chi connectivity index (χ2n) is 6.49. The molecule has 0 spiro atoms. The summed E-state index contributed by atoms with van der Waals surface area (Å²) in [5, 5.41) is 4.49. The number of thiazole rings is 1. The SMILES string of the molecule is Cc1nc(-c2ccccc2)sc1C(=O)Nc1cccc(Cl)c1N1CCOCC1. The highest BCUT2D eigenvalue weighted by atomic mass is 35.5. The van der Waals surface area contributed by atoms with Crippen LogP contribution in [0.4, 0.5) is 11.4 Å². The van der Waals surface area contributed by atoms with E-state index in [1.54, 1.807) is 0 Å². The van der Waals surface area contributed by atoms with Gasteiger partial charge in [-0.25, -0.2) is 4.98 Å². The number of hydrogen-bond acceptors (Lipinski definition) is 5. The molecule has 2 aromatic carbocycles. The molecule has 1 aliphatic rings. The first-order valence-electron chi connectivity index (χ1n) is 9.09. The molecule has 144 valence electrons. The molecule has 0 bridgehead atoms. The monoisotopic (exact) mass is 413 g/mol. The van der Waals surface area contributed by atoms with Crippen LogP contribution in [0.5, 0.6) is 0 Å². The third-order valence-corrected chi connectivity index (χ3v) is 6.10. The van der Waals surface area contributed by atoms with Crippen molar-refractivity contribution in [3.63, 3.8) is 0 Å². The second-order valence-corrected chi connectivity index (χ2v) is 7.90. The van der Waals surface area contributed by atoms with Crippen LogP contribution in [0.3, 0.4) is 0 Å². The van der Waals surface area contributed by atoms with E-state index in [4.69, 9.17) is 16.3 Å². The number of rotatable bonds is 4. The number of anilines is 2. The molecule has 0 saturated carbocycles. The maximum atomic E-state index is 13.0. The Balaban J connectivity index is 1.61. The number of hydrogen-bond donors (Lipinski definition) is 1. The fourth-order valence-electron chi connectivity index (χ4n) is 3.21. The molecule has 0 aliphatic carbocycles. The summed E-state index contributed by atoms with van der Waals surface area (Å²) in [6.45, 7) is 4.63. The fraction of sp³-hybridized carbons (Fsp3) is 0.238. The van der Waals surface area contributed by atoms with E-state index in [-0.39, 0.29) is 5.91 Å². The van der Waals surface area contributed by atoms with Crippen molar-refractivity contribution in [2.45, 2.75) is 6.92 Å². The minimum atomic E-state index is -0.172. The molecule has 1 aliphatic heterocycles. The second kappa shape index (κ2) is 8.31. The molecular formula is C21H20ClN3O2S. The molecule has 2 heterocycles. The van der Waals surface area contributed by atoms with E-state index in [2.05, 4.69) is 15.2 Å². The van der Waals surface area contributed by atoms with Crippen molar-refractivity contribution in [1.82, 2.24) is 4.98 Å². The maximum absolute atomic E-state index is 13.0. The third-order valence-electron chi connectivity index (χ3n) is 4.59. The summed E-state index contributed by atoms with van der Waals surface area (Å²) in [6.07, 6.45) is 0. The average Bonchev–Trinajstić information content (AvgIpc) is 3.11. The van der Waals surface area contributed by atoms with E-state index in [9.17, 15) is 4.79 Å². The zero-order valence-electron chi connectivity index (χ0n) is 15.4. The molecule has 7 heteroatoms. The zero-order chi connectivity index (χ0) is 19.5. The summed E-state index contributed by atoms with van der Waals surface area (Å²) in [4.78, 5) is 20.3. The van der Waals surface area contributed by atoms with Gasteiger partial charge in [-0.05, 0) is 19.1 Å². The quantitative estimate of drug-likeness (QED) is 0.663. The summed E-state index contributed by atoms with van der Waals surface area (Å²) in [5.74, 6) is -0.172. The maximum Gasteiger partial charge on any atom is 0.267 e. The topological polar surface area (TPSA) is 54.5 Å². The molecule has 0 unspecified atom stereocenters. The van der Waals surface area contributed by atoms with Gasteiger partial charge in [-0.15, -0.1) is 11.3 Å². The highest BCUT2D eigenvalue weighted by Gasteiger charge is 2.21. The van der Waals surface area contributed by atoms with Gasteiger partial charge in [0.25, 0.3) is 5.91 Å². The van der Waals surface area contributed by atoms with Crippen molar-refractivity contribution in [1.29, 1.82) is 0 Å². The number of para-hydroxylation sites is 1. The first kappa shape index (κ1) is 18.9. The number of aromatic nitrogens is 1. The Bertz CT molecular complexity index is 985. The summed E-state index contributed by atoms with van der Waals surface area (Å²) in [5.41, 5.74) is 3.27. The fourth-order valence-corrected chi connectivity index (χ4v) is 4.48. The van der Waals surface area contributed by atoms with Gasteiger partial charge >= 0.3 is 0 Å². The Labute approximate surface area is 172 Å². The van der Waals surface area contributed by atoms with Crippen LogP contribution in [0, 0.1) is 6.92 Å². The molecule has 0 radical (unpaired) electrons. The average molecular weight is 414 g/mol. The molecule has 4 rings (SSSR count). The molecule has 3 aromatic rings. The third kappa shape index (κ3) is 3.90. The normalized spacial score (nSPS) is 14.1. The van der Waals surface area contributed by atoms with E-state index in [0.717, 1.165) is 35.0 Å². The lowest BCUT2D eigenvalue weighted by Gasteiger charge is -2.31. The van der Waals surface area contributed by atoms with Gasteiger partial charge in [0, 0.05) is 18.7 Å². The van der Waals surface area contributed by atoms with E-state index in [0.29, 0.717) is 28.8 Å². The predicted octanol–water partition coefficient (Wildman–Crippen LogP) is 4.86. The smallest absolute Gasteiger partial charge is 0.267 e. The van der Waals surface area contributed by atoms with Crippen molar-refractivity contribution in [3.05, 3.63) is 64.1 Å². The van der Waals surface area contributed by atoms with Crippen molar-refractivity contribution in [3.8, 4) is 10.6 Å². The Morgan fingerprint density at radius 1 is 1.14 bits per heavy atom. The molecule has 1 amide bonds. The molecule has 1 N–H and O–H groups in total. The molecule has 28 heavy (non-hydrogen) atoms. The Kier molecular flexibility index (Phi) is 5.62. The van der Waals surface area contributed by atoms with Crippen LogP contribution in [0.15, 0.2) is 48.5 Å². The van der Waals surface area contributed by atoms with Crippen molar-refractivity contribution >= 4 is 40.2 Å². The zero-order valence-corrected chi connectivity index (χ0v) is 17.0. The van der Waals surface area contributed by atoms with E-state index >= 15 is 0 Å². The minimum Gasteiger partial charge on any atom is -0.378 e. The Hall–Kier alpha value is -2.41. The van der Waals surface area contributed by atoms with Crippen molar-refractivity contribution < 1.29 is 9.53 Å². The summed E-state index contributed by atoms with van der Waals surface area (Å²) >= 11 is 7.86. The molecule has 1 fully saturated rings. The minimum absolute atomic E-state index is 0.172. The van der Waals surface area contributed by atoms with Crippen LogP contribution in [-0.2, 0) is 4.74 Å². The van der Waals surface area contributed by atoms with Crippen LogP contribution < -0.4 is 10.2 Å².